The average Bonchev–Trinajstić information content (AvgIpc) is 2.37. The Hall–Kier alpha value is -1.88. The summed E-state index contributed by atoms with van der Waals surface area (Å²) in [5.41, 5.74) is -0.256. The maximum Gasteiger partial charge on any atom is 0.308 e. The van der Waals surface area contributed by atoms with Crippen molar-refractivity contribution in [1.82, 2.24) is 4.90 Å². The molecule has 1 unspecified atom stereocenters. The SMILES string of the molecule is C=CCN(CC(C)C(=O)O)C(=O)c1c(F)cccc1Cl. The second-order valence-electron chi connectivity index (χ2n) is 4.33. The van der Waals surface area contributed by atoms with Crippen LogP contribution in [0.5, 0.6) is 0 Å². The van der Waals surface area contributed by atoms with Crippen molar-refractivity contribution in [3.63, 3.8) is 0 Å². The van der Waals surface area contributed by atoms with Gasteiger partial charge in [-0.05, 0) is 12.1 Å². The van der Waals surface area contributed by atoms with Crippen LogP contribution in [0.4, 0.5) is 4.39 Å². The fourth-order valence-corrected chi connectivity index (χ4v) is 1.91. The normalized spacial score (nSPS) is 11.8. The number of halogens is 2. The van der Waals surface area contributed by atoms with Crippen LogP contribution in [0.2, 0.25) is 5.02 Å². The van der Waals surface area contributed by atoms with Gasteiger partial charge in [0.1, 0.15) is 5.82 Å². The summed E-state index contributed by atoms with van der Waals surface area (Å²) in [4.78, 5) is 24.4. The summed E-state index contributed by atoms with van der Waals surface area (Å²) in [6, 6.07) is 3.93. The first-order valence-corrected chi connectivity index (χ1v) is 6.33. The van der Waals surface area contributed by atoms with Gasteiger partial charge in [0, 0.05) is 13.1 Å². The molecule has 6 heteroatoms. The molecule has 0 aliphatic heterocycles. The lowest BCUT2D eigenvalue weighted by Crippen LogP contribution is -2.37. The Kier molecular flexibility index (Phi) is 5.70. The van der Waals surface area contributed by atoms with Gasteiger partial charge in [0.2, 0.25) is 0 Å². The van der Waals surface area contributed by atoms with Crippen molar-refractivity contribution >= 4 is 23.5 Å². The molecule has 1 amide bonds. The molecule has 0 fully saturated rings. The van der Waals surface area contributed by atoms with Gasteiger partial charge in [0.05, 0.1) is 16.5 Å². The van der Waals surface area contributed by atoms with Gasteiger partial charge in [0.25, 0.3) is 5.91 Å². The van der Waals surface area contributed by atoms with E-state index in [1.54, 1.807) is 0 Å². The standard InChI is InChI=1S/C14H15ClFNO3/c1-3-7-17(8-9(2)14(19)20)13(18)12-10(15)5-4-6-11(12)16/h3-6,9H,1,7-8H2,2H3,(H,19,20). The number of carboxylic acids is 1. The lowest BCUT2D eigenvalue weighted by molar-refractivity contribution is -0.141. The lowest BCUT2D eigenvalue weighted by atomic mass is 10.1. The van der Waals surface area contributed by atoms with Crippen molar-refractivity contribution in [2.45, 2.75) is 6.92 Å². The molecule has 1 rings (SSSR count). The Morgan fingerprint density at radius 3 is 2.70 bits per heavy atom. The molecule has 0 bridgehead atoms. The molecule has 0 saturated carbocycles. The topological polar surface area (TPSA) is 57.6 Å². The maximum atomic E-state index is 13.7. The van der Waals surface area contributed by atoms with E-state index < -0.39 is 23.6 Å². The van der Waals surface area contributed by atoms with E-state index in [2.05, 4.69) is 6.58 Å². The Balaban J connectivity index is 3.05. The largest absolute Gasteiger partial charge is 0.481 e. The van der Waals surface area contributed by atoms with Crippen LogP contribution in [0.1, 0.15) is 17.3 Å². The van der Waals surface area contributed by atoms with Crippen molar-refractivity contribution in [3.05, 3.63) is 47.3 Å². The first-order chi connectivity index (χ1) is 9.38. The molecule has 20 heavy (non-hydrogen) atoms. The number of hydrogen-bond acceptors (Lipinski definition) is 2. The summed E-state index contributed by atoms with van der Waals surface area (Å²) in [7, 11) is 0. The summed E-state index contributed by atoms with van der Waals surface area (Å²) in [5.74, 6) is -3.20. The molecule has 0 aliphatic rings. The highest BCUT2D eigenvalue weighted by molar-refractivity contribution is 6.33. The molecule has 0 spiro atoms. The molecular weight excluding hydrogens is 285 g/mol. The number of carbonyl (C=O) groups is 2. The Labute approximate surface area is 121 Å². The number of carboxylic acid groups (broad SMARTS) is 1. The third-order valence-corrected chi connectivity index (χ3v) is 3.04. The van der Waals surface area contributed by atoms with E-state index in [-0.39, 0.29) is 23.7 Å². The molecule has 4 nitrogen and oxygen atoms in total. The van der Waals surface area contributed by atoms with E-state index >= 15 is 0 Å². The second kappa shape index (κ2) is 7.05. The van der Waals surface area contributed by atoms with Crippen LogP contribution in [-0.4, -0.2) is 35.0 Å². The van der Waals surface area contributed by atoms with Gasteiger partial charge in [-0.2, -0.15) is 0 Å². The fraction of sp³-hybridized carbons (Fsp3) is 0.286. The van der Waals surface area contributed by atoms with Crippen molar-refractivity contribution in [2.75, 3.05) is 13.1 Å². The highest BCUT2D eigenvalue weighted by atomic mass is 35.5. The molecule has 1 atom stereocenters. The predicted octanol–water partition coefficient (Wildman–Crippen LogP) is 2.83. The Bertz CT molecular complexity index is 513. The lowest BCUT2D eigenvalue weighted by Gasteiger charge is -2.23. The number of amides is 1. The van der Waals surface area contributed by atoms with Crippen LogP contribution in [0, 0.1) is 11.7 Å². The number of hydrogen-bond donors (Lipinski definition) is 1. The van der Waals surface area contributed by atoms with Gasteiger partial charge in [-0.3, -0.25) is 9.59 Å². The molecule has 0 aromatic heterocycles. The summed E-state index contributed by atoms with van der Waals surface area (Å²) in [5, 5.41) is 8.89. The van der Waals surface area contributed by atoms with Crippen LogP contribution in [0.3, 0.4) is 0 Å². The molecule has 108 valence electrons. The van der Waals surface area contributed by atoms with Crippen LogP contribution in [-0.2, 0) is 4.79 Å². The van der Waals surface area contributed by atoms with Crippen molar-refractivity contribution in [3.8, 4) is 0 Å². The molecular formula is C14H15ClFNO3. The van der Waals surface area contributed by atoms with E-state index in [0.717, 1.165) is 6.07 Å². The minimum Gasteiger partial charge on any atom is -0.481 e. The van der Waals surface area contributed by atoms with Crippen molar-refractivity contribution < 1.29 is 19.1 Å². The maximum absolute atomic E-state index is 13.7. The number of benzene rings is 1. The van der Waals surface area contributed by atoms with Gasteiger partial charge in [-0.15, -0.1) is 6.58 Å². The zero-order valence-corrected chi connectivity index (χ0v) is 11.7. The summed E-state index contributed by atoms with van der Waals surface area (Å²) >= 11 is 5.84. The molecule has 1 aromatic rings. The zero-order chi connectivity index (χ0) is 15.3. The second-order valence-corrected chi connectivity index (χ2v) is 4.74. The monoisotopic (exact) mass is 299 g/mol. The molecule has 0 saturated heterocycles. The highest BCUT2D eigenvalue weighted by Gasteiger charge is 2.24. The van der Waals surface area contributed by atoms with Gasteiger partial charge >= 0.3 is 5.97 Å². The Morgan fingerprint density at radius 2 is 2.20 bits per heavy atom. The summed E-state index contributed by atoms with van der Waals surface area (Å²) in [6.45, 7) is 5.03. The predicted molar refractivity (Wildman–Crippen MR) is 74.3 cm³/mol. The zero-order valence-electron chi connectivity index (χ0n) is 11.0. The van der Waals surface area contributed by atoms with Gasteiger partial charge in [0.15, 0.2) is 0 Å². The summed E-state index contributed by atoms with van der Waals surface area (Å²) in [6.07, 6.45) is 1.45. The first kappa shape index (κ1) is 16.2. The average molecular weight is 300 g/mol. The van der Waals surface area contributed by atoms with Gasteiger partial charge in [-0.1, -0.05) is 30.7 Å². The van der Waals surface area contributed by atoms with Gasteiger partial charge < -0.3 is 10.0 Å². The fourth-order valence-electron chi connectivity index (χ4n) is 1.67. The van der Waals surface area contributed by atoms with E-state index in [0.29, 0.717) is 0 Å². The highest BCUT2D eigenvalue weighted by Crippen LogP contribution is 2.21. The smallest absolute Gasteiger partial charge is 0.308 e. The van der Waals surface area contributed by atoms with Crippen LogP contribution in [0.25, 0.3) is 0 Å². The number of rotatable bonds is 6. The van der Waals surface area contributed by atoms with Crippen LogP contribution >= 0.6 is 11.6 Å². The van der Waals surface area contributed by atoms with Crippen LogP contribution in [0.15, 0.2) is 30.9 Å². The molecule has 1 N–H and O–H groups in total. The number of aliphatic carboxylic acids is 1. The first-order valence-electron chi connectivity index (χ1n) is 5.95. The van der Waals surface area contributed by atoms with E-state index in [9.17, 15) is 14.0 Å². The minimum atomic E-state index is -1.04. The minimum absolute atomic E-state index is 0.00737. The van der Waals surface area contributed by atoms with E-state index in [1.165, 1.54) is 30.0 Å². The molecule has 0 heterocycles. The Morgan fingerprint density at radius 1 is 1.55 bits per heavy atom. The number of nitrogens with zero attached hydrogens (tertiary/aromatic N) is 1. The van der Waals surface area contributed by atoms with Crippen molar-refractivity contribution in [2.24, 2.45) is 5.92 Å². The van der Waals surface area contributed by atoms with Crippen molar-refractivity contribution in [1.29, 1.82) is 0 Å². The molecule has 0 radical (unpaired) electrons. The van der Waals surface area contributed by atoms with Crippen LogP contribution < -0.4 is 0 Å². The summed E-state index contributed by atoms with van der Waals surface area (Å²) < 4.78 is 13.7. The third-order valence-electron chi connectivity index (χ3n) is 2.73. The van der Waals surface area contributed by atoms with Gasteiger partial charge in [-0.25, -0.2) is 4.39 Å². The van der Waals surface area contributed by atoms with E-state index in [4.69, 9.17) is 16.7 Å². The molecule has 1 aromatic carbocycles. The molecule has 0 aliphatic carbocycles. The quantitative estimate of drug-likeness (QED) is 0.822. The number of carbonyl (C=O) groups excluding carboxylic acids is 1. The third kappa shape index (κ3) is 3.81. The van der Waals surface area contributed by atoms with E-state index in [1.807, 2.05) is 0 Å².